The van der Waals surface area contributed by atoms with E-state index >= 15 is 0 Å². The van der Waals surface area contributed by atoms with E-state index in [0.29, 0.717) is 26.7 Å². The molecular weight excluding hydrogens is 448 g/mol. The van der Waals surface area contributed by atoms with E-state index in [-0.39, 0.29) is 36.3 Å². The van der Waals surface area contributed by atoms with E-state index in [1.54, 1.807) is 36.4 Å². The molecule has 1 unspecified atom stereocenters. The molecule has 2 saturated heterocycles. The van der Waals surface area contributed by atoms with E-state index < -0.39 is 5.25 Å². The molecule has 3 heterocycles. The third-order valence-electron chi connectivity index (χ3n) is 4.26. The summed E-state index contributed by atoms with van der Waals surface area (Å²) in [5, 5.41) is 11.4. The van der Waals surface area contributed by atoms with E-state index in [9.17, 15) is 14.4 Å². The number of halogens is 1. The van der Waals surface area contributed by atoms with Gasteiger partial charge in [0.05, 0.1) is 23.8 Å². The number of ketones is 1. The molecule has 0 aliphatic carbocycles. The standard InChI is InChI=1S/C19H15ClN4O4S2/c20-12-5-3-11(4-6-12)14(25)8-15-17(27)24(9-13-2-1-7-28-13)19(30-15)23-22-18-21-16(26)10-29-18/h1-7,15H,8-10H2,(H,21,22,26)/b23-19+. The number of carbonyl (C=O) groups excluding carboxylic acids is 3. The zero-order valence-electron chi connectivity index (χ0n) is 15.4. The Morgan fingerprint density at radius 3 is 2.70 bits per heavy atom. The van der Waals surface area contributed by atoms with E-state index in [1.165, 1.54) is 34.7 Å². The van der Waals surface area contributed by atoms with Gasteiger partial charge in [-0.1, -0.05) is 35.1 Å². The van der Waals surface area contributed by atoms with Crippen molar-refractivity contribution in [2.45, 2.75) is 18.2 Å². The van der Waals surface area contributed by atoms with Gasteiger partial charge >= 0.3 is 0 Å². The van der Waals surface area contributed by atoms with E-state index in [2.05, 4.69) is 15.5 Å². The number of Topliss-reactive ketones (excluding diaryl/α,β-unsaturated/α-hetero) is 1. The Bertz CT molecular complexity index is 1040. The second-order valence-electron chi connectivity index (χ2n) is 6.37. The zero-order chi connectivity index (χ0) is 21.1. The number of hydrogen-bond acceptors (Lipinski definition) is 8. The molecule has 8 nitrogen and oxygen atoms in total. The highest BCUT2D eigenvalue weighted by Gasteiger charge is 2.40. The molecule has 0 spiro atoms. The molecule has 0 radical (unpaired) electrons. The maximum Gasteiger partial charge on any atom is 0.243 e. The number of rotatable bonds is 6. The predicted octanol–water partition coefficient (Wildman–Crippen LogP) is 3.14. The summed E-state index contributed by atoms with van der Waals surface area (Å²) in [5.41, 5.74) is 0.487. The van der Waals surface area contributed by atoms with Crippen molar-refractivity contribution in [3.8, 4) is 0 Å². The Morgan fingerprint density at radius 2 is 2.03 bits per heavy atom. The molecule has 2 aliphatic heterocycles. The maximum absolute atomic E-state index is 13.0. The van der Waals surface area contributed by atoms with Gasteiger partial charge in [0.2, 0.25) is 11.8 Å². The number of thioether (sulfide) groups is 2. The van der Waals surface area contributed by atoms with Gasteiger partial charge in [-0.25, -0.2) is 0 Å². The third kappa shape index (κ3) is 4.77. The van der Waals surface area contributed by atoms with Crippen molar-refractivity contribution in [2.24, 2.45) is 10.2 Å². The van der Waals surface area contributed by atoms with Gasteiger partial charge < -0.3 is 9.73 Å². The SMILES string of the molecule is O=C1CS/C(=N\N=C2\SC(CC(=O)c3ccc(Cl)cc3)C(=O)N2Cc2ccco2)N1. The van der Waals surface area contributed by atoms with Gasteiger partial charge in [0.25, 0.3) is 0 Å². The molecule has 2 aromatic rings. The van der Waals surface area contributed by atoms with Crippen LogP contribution in [0.3, 0.4) is 0 Å². The molecule has 4 rings (SSSR count). The second kappa shape index (κ2) is 9.07. The molecule has 1 atom stereocenters. The first-order valence-corrected chi connectivity index (χ1v) is 11.1. The van der Waals surface area contributed by atoms with E-state index in [1.807, 2.05) is 0 Å². The van der Waals surface area contributed by atoms with E-state index in [0.717, 1.165) is 0 Å². The number of carbonyl (C=O) groups is 3. The van der Waals surface area contributed by atoms with Crippen LogP contribution in [-0.4, -0.2) is 43.8 Å². The Hall–Kier alpha value is -2.56. The highest BCUT2D eigenvalue weighted by atomic mass is 35.5. The van der Waals surface area contributed by atoms with Crippen molar-refractivity contribution < 1.29 is 18.8 Å². The van der Waals surface area contributed by atoms with Crippen LogP contribution in [0.25, 0.3) is 0 Å². The molecule has 154 valence electrons. The summed E-state index contributed by atoms with van der Waals surface area (Å²) in [5.74, 6) is 0.303. The van der Waals surface area contributed by atoms with Gasteiger partial charge in [-0.05, 0) is 36.4 Å². The van der Waals surface area contributed by atoms with Gasteiger partial charge in [0.15, 0.2) is 16.1 Å². The number of amidine groups is 2. The molecule has 30 heavy (non-hydrogen) atoms. The number of furan rings is 1. The summed E-state index contributed by atoms with van der Waals surface area (Å²) in [4.78, 5) is 38.4. The lowest BCUT2D eigenvalue weighted by molar-refractivity contribution is -0.126. The molecule has 2 fully saturated rings. The molecule has 0 saturated carbocycles. The quantitative estimate of drug-likeness (QED) is 0.522. The molecule has 11 heteroatoms. The predicted molar refractivity (Wildman–Crippen MR) is 117 cm³/mol. The lowest BCUT2D eigenvalue weighted by Gasteiger charge is -2.14. The number of hydrogen-bond donors (Lipinski definition) is 1. The second-order valence-corrected chi connectivity index (χ2v) is 8.94. The van der Waals surface area contributed by atoms with Crippen LogP contribution in [0, 0.1) is 0 Å². The smallest absolute Gasteiger partial charge is 0.243 e. The Morgan fingerprint density at radius 1 is 1.23 bits per heavy atom. The average Bonchev–Trinajstić information content (AvgIpc) is 3.45. The monoisotopic (exact) mass is 462 g/mol. The fraction of sp³-hybridized carbons (Fsp3) is 0.211. The maximum atomic E-state index is 13.0. The first-order valence-electron chi connectivity index (χ1n) is 8.87. The summed E-state index contributed by atoms with van der Waals surface area (Å²) in [6.07, 6.45) is 1.53. The van der Waals surface area contributed by atoms with Crippen LogP contribution in [0.2, 0.25) is 5.02 Å². The van der Waals surface area contributed by atoms with Crippen molar-refractivity contribution in [2.75, 3.05) is 5.75 Å². The fourth-order valence-corrected chi connectivity index (χ4v) is 4.65. The highest BCUT2D eigenvalue weighted by molar-refractivity contribution is 8.15. The van der Waals surface area contributed by atoms with Crippen molar-refractivity contribution in [3.05, 3.63) is 59.0 Å². The number of nitrogens with zero attached hydrogens (tertiary/aromatic N) is 3. The van der Waals surface area contributed by atoms with Crippen LogP contribution >= 0.6 is 35.1 Å². The van der Waals surface area contributed by atoms with Gasteiger partial charge in [-0.2, -0.15) is 0 Å². The molecule has 1 aromatic heterocycles. The summed E-state index contributed by atoms with van der Waals surface area (Å²) in [6.45, 7) is 0.174. The fourth-order valence-electron chi connectivity index (χ4n) is 2.81. The van der Waals surface area contributed by atoms with Crippen molar-refractivity contribution in [3.63, 3.8) is 0 Å². The Kier molecular flexibility index (Phi) is 6.26. The minimum Gasteiger partial charge on any atom is -0.467 e. The van der Waals surface area contributed by atoms with Gasteiger partial charge in [0.1, 0.15) is 5.76 Å². The summed E-state index contributed by atoms with van der Waals surface area (Å²) in [7, 11) is 0. The van der Waals surface area contributed by atoms with E-state index in [4.69, 9.17) is 16.0 Å². The summed E-state index contributed by atoms with van der Waals surface area (Å²) < 4.78 is 5.35. The summed E-state index contributed by atoms with van der Waals surface area (Å²) >= 11 is 8.28. The highest BCUT2D eigenvalue weighted by Crippen LogP contribution is 2.32. The molecule has 1 N–H and O–H groups in total. The van der Waals surface area contributed by atoms with Crippen LogP contribution < -0.4 is 5.32 Å². The topological polar surface area (TPSA) is 104 Å². The third-order valence-corrected chi connectivity index (χ3v) is 6.55. The lowest BCUT2D eigenvalue weighted by atomic mass is 10.1. The normalized spacial score (nSPS) is 21.6. The van der Waals surface area contributed by atoms with Crippen LogP contribution in [0.1, 0.15) is 22.5 Å². The number of benzene rings is 1. The average molecular weight is 463 g/mol. The lowest BCUT2D eigenvalue weighted by Crippen LogP contribution is -2.32. The van der Waals surface area contributed by atoms with Crippen molar-refractivity contribution in [1.29, 1.82) is 0 Å². The number of amides is 2. The molecule has 2 amide bonds. The van der Waals surface area contributed by atoms with Crippen molar-refractivity contribution in [1.82, 2.24) is 10.2 Å². The summed E-state index contributed by atoms with van der Waals surface area (Å²) in [6, 6.07) is 10.0. The Labute approximate surface area is 185 Å². The zero-order valence-corrected chi connectivity index (χ0v) is 17.8. The van der Waals surface area contributed by atoms with Gasteiger partial charge in [-0.15, -0.1) is 10.2 Å². The first-order chi connectivity index (χ1) is 14.5. The molecule has 2 aliphatic rings. The van der Waals surface area contributed by atoms with Gasteiger partial charge in [0, 0.05) is 17.0 Å². The van der Waals surface area contributed by atoms with Crippen molar-refractivity contribution >= 4 is 63.1 Å². The largest absolute Gasteiger partial charge is 0.467 e. The van der Waals surface area contributed by atoms with Crippen LogP contribution in [0.4, 0.5) is 0 Å². The first kappa shape index (κ1) is 20.7. The Balaban J connectivity index is 1.53. The molecular formula is C19H15ClN4O4S2. The number of nitrogens with one attached hydrogen (secondary N) is 1. The minimum absolute atomic E-state index is 0.0147. The van der Waals surface area contributed by atoms with Crippen LogP contribution in [0.5, 0.6) is 0 Å². The minimum atomic E-state index is -0.632. The molecule has 1 aromatic carbocycles. The van der Waals surface area contributed by atoms with Crippen LogP contribution in [0.15, 0.2) is 57.3 Å². The van der Waals surface area contributed by atoms with Crippen LogP contribution in [-0.2, 0) is 16.1 Å². The van der Waals surface area contributed by atoms with Gasteiger partial charge in [-0.3, -0.25) is 19.3 Å². The molecule has 0 bridgehead atoms.